The molecule has 5 aromatic carbocycles. The first kappa shape index (κ1) is 17.0. The van der Waals surface area contributed by atoms with Crippen molar-refractivity contribution in [3.05, 3.63) is 94.6 Å². The molecule has 0 aliphatic heterocycles. The second-order valence-electron chi connectivity index (χ2n) is 9.09. The molecule has 9 rings (SSSR count). The van der Waals surface area contributed by atoms with Crippen LogP contribution in [-0.4, -0.2) is 8.80 Å². The summed E-state index contributed by atoms with van der Waals surface area (Å²) in [6.07, 6.45) is 0. The fourth-order valence-corrected chi connectivity index (χ4v) is 7.52. The van der Waals surface area contributed by atoms with Gasteiger partial charge in [-0.25, -0.2) is 0 Å². The van der Waals surface area contributed by atoms with Crippen LogP contribution in [0.25, 0.3) is 76.2 Å². The van der Waals surface area contributed by atoms with Gasteiger partial charge in [-0.3, -0.25) is 0 Å². The Labute approximate surface area is 201 Å². The number of aromatic nitrogens is 2. The molecule has 0 bridgehead atoms. The highest BCUT2D eigenvalue weighted by atomic mass is 127. The SMILES string of the molecule is Ic1c2c3cccc4c5ccccc5n(c2cc2c5cccc6c7ccccc7n(c12)c65)c43. The summed E-state index contributed by atoms with van der Waals surface area (Å²) >= 11 is 2.60. The van der Waals surface area contributed by atoms with Gasteiger partial charge in [-0.2, -0.15) is 0 Å². The van der Waals surface area contributed by atoms with E-state index in [1.165, 1.54) is 79.8 Å². The molecule has 0 radical (unpaired) electrons. The maximum absolute atomic E-state index is 2.60. The molecule has 9 aromatic rings. The van der Waals surface area contributed by atoms with E-state index in [0.29, 0.717) is 0 Å². The van der Waals surface area contributed by atoms with E-state index in [0.717, 1.165) is 0 Å². The van der Waals surface area contributed by atoms with Crippen molar-refractivity contribution in [1.82, 2.24) is 8.80 Å². The van der Waals surface area contributed by atoms with E-state index in [4.69, 9.17) is 0 Å². The molecule has 0 atom stereocenters. The molecule has 2 nitrogen and oxygen atoms in total. The van der Waals surface area contributed by atoms with E-state index in [1.807, 2.05) is 0 Å². The maximum Gasteiger partial charge on any atom is 0.0682 e. The molecule has 4 heterocycles. The minimum absolute atomic E-state index is 1.29. The number of benzene rings is 5. The van der Waals surface area contributed by atoms with Gasteiger partial charge in [0.2, 0.25) is 0 Å². The second kappa shape index (κ2) is 5.49. The van der Waals surface area contributed by atoms with E-state index in [-0.39, 0.29) is 0 Å². The van der Waals surface area contributed by atoms with Crippen LogP contribution in [0.4, 0.5) is 0 Å². The molecular weight excluding hydrogens is 515 g/mol. The van der Waals surface area contributed by atoms with E-state index in [2.05, 4.69) is 122 Å². The molecular formula is C30H15IN2. The summed E-state index contributed by atoms with van der Waals surface area (Å²) in [4.78, 5) is 0. The lowest BCUT2D eigenvalue weighted by atomic mass is 10.0. The quantitative estimate of drug-likeness (QED) is 0.174. The number of fused-ring (bicyclic) bond motifs is 12. The van der Waals surface area contributed by atoms with Crippen LogP contribution in [0, 0.1) is 3.57 Å². The van der Waals surface area contributed by atoms with Crippen LogP contribution in [0.2, 0.25) is 0 Å². The maximum atomic E-state index is 2.60. The number of para-hydroxylation sites is 4. The predicted molar refractivity (Wildman–Crippen MR) is 148 cm³/mol. The molecule has 0 fully saturated rings. The van der Waals surface area contributed by atoms with E-state index < -0.39 is 0 Å². The Bertz CT molecular complexity index is 2240. The number of nitrogens with zero attached hydrogens (tertiary/aromatic N) is 2. The molecule has 152 valence electrons. The smallest absolute Gasteiger partial charge is 0.0682 e. The Kier molecular flexibility index (Phi) is 2.82. The van der Waals surface area contributed by atoms with Crippen LogP contribution in [0.1, 0.15) is 0 Å². The number of rotatable bonds is 0. The van der Waals surface area contributed by atoms with Crippen LogP contribution < -0.4 is 0 Å². The third-order valence-electron chi connectivity index (χ3n) is 7.63. The van der Waals surface area contributed by atoms with Gasteiger partial charge in [-0.05, 0) is 40.8 Å². The molecule has 4 aromatic heterocycles. The van der Waals surface area contributed by atoms with Gasteiger partial charge in [0.25, 0.3) is 0 Å². The minimum atomic E-state index is 1.29. The first-order valence-corrected chi connectivity index (χ1v) is 12.3. The normalized spacial score (nSPS) is 13.0. The van der Waals surface area contributed by atoms with Crippen LogP contribution in [0.5, 0.6) is 0 Å². The Morgan fingerprint density at radius 2 is 0.939 bits per heavy atom. The molecule has 0 unspecified atom stereocenters. The van der Waals surface area contributed by atoms with Gasteiger partial charge in [0, 0.05) is 46.7 Å². The topological polar surface area (TPSA) is 8.82 Å². The third kappa shape index (κ3) is 1.75. The summed E-state index contributed by atoms with van der Waals surface area (Å²) < 4.78 is 6.33. The fraction of sp³-hybridized carbons (Fsp3) is 0. The highest BCUT2D eigenvalue weighted by molar-refractivity contribution is 14.1. The van der Waals surface area contributed by atoms with Crippen molar-refractivity contribution < 1.29 is 0 Å². The first-order chi connectivity index (χ1) is 16.3. The van der Waals surface area contributed by atoms with Crippen molar-refractivity contribution in [3.8, 4) is 0 Å². The first-order valence-electron chi connectivity index (χ1n) is 11.3. The molecule has 0 spiro atoms. The molecule has 0 aliphatic rings. The van der Waals surface area contributed by atoms with Gasteiger partial charge >= 0.3 is 0 Å². The molecule has 0 N–H and O–H groups in total. The van der Waals surface area contributed by atoms with Gasteiger partial charge in [0.15, 0.2) is 0 Å². The highest BCUT2D eigenvalue weighted by Crippen LogP contribution is 2.46. The van der Waals surface area contributed by atoms with Crippen LogP contribution in [0.15, 0.2) is 91.0 Å². The average Bonchev–Trinajstić information content (AvgIpc) is 3.57. The molecule has 3 heteroatoms. The van der Waals surface area contributed by atoms with Crippen LogP contribution in [-0.2, 0) is 0 Å². The standard InChI is InChI=1S/C30H15IN2/c31-27-26-21-12-6-10-19-16-7-1-3-13-23(16)32(29(19)21)25(26)15-22-20-11-5-9-18-17-8-2-4-14-24(17)33(28(18)20)30(22)27/h1-15H. The lowest BCUT2D eigenvalue weighted by molar-refractivity contribution is 1.36. The van der Waals surface area contributed by atoms with Crippen molar-refractivity contribution in [2.24, 2.45) is 0 Å². The van der Waals surface area contributed by atoms with Gasteiger partial charge < -0.3 is 8.80 Å². The number of halogens is 1. The van der Waals surface area contributed by atoms with Crippen molar-refractivity contribution in [2.45, 2.75) is 0 Å². The van der Waals surface area contributed by atoms with E-state index in [1.54, 1.807) is 0 Å². The third-order valence-corrected chi connectivity index (χ3v) is 8.68. The second-order valence-corrected chi connectivity index (χ2v) is 10.2. The zero-order chi connectivity index (χ0) is 21.4. The van der Waals surface area contributed by atoms with Gasteiger partial charge in [-0.15, -0.1) is 0 Å². The number of hydrogen-bond donors (Lipinski definition) is 0. The molecule has 0 saturated heterocycles. The molecule has 0 aliphatic carbocycles. The lowest BCUT2D eigenvalue weighted by Crippen LogP contribution is -1.87. The molecule has 0 saturated carbocycles. The Morgan fingerprint density at radius 3 is 1.64 bits per heavy atom. The predicted octanol–water partition coefficient (Wildman–Crippen LogP) is 8.59. The summed E-state index contributed by atoms with van der Waals surface area (Å²) in [5.74, 6) is 0. The van der Waals surface area contributed by atoms with Gasteiger partial charge in [0.1, 0.15) is 0 Å². The molecule has 0 amide bonds. The van der Waals surface area contributed by atoms with Crippen LogP contribution >= 0.6 is 22.6 Å². The summed E-state index contributed by atoms with van der Waals surface area (Å²) in [5, 5.41) is 10.7. The van der Waals surface area contributed by atoms with Crippen molar-refractivity contribution >= 4 is 98.8 Å². The summed E-state index contributed by atoms with van der Waals surface area (Å²) in [5.41, 5.74) is 7.89. The molecule has 33 heavy (non-hydrogen) atoms. The number of hydrogen-bond acceptors (Lipinski definition) is 0. The minimum Gasteiger partial charge on any atom is -0.308 e. The average molecular weight is 530 g/mol. The highest BCUT2D eigenvalue weighted by Gasteiger charge is 2.24. The fourth-order valence-electron chi connectivity index (χ4n) is 6.42. The van der Waals surface area contributed by atoms with Crippen molar-refractivity contribution in [1.29, 1.82) is 0 Å². The van der Waals surface area contributed by atoms with Crippen molar-refractivity contribution in [2.75, 3.05) is 0 Å². The van der Waals surface area contributed by atoms with E-state index in [9.17, 15) is 0 Å². The Hall–Kier alpha value is -3.57. The van der Waals surface area contributed by atoms with Gasteiger partial charge in [-0.1, -0.05) is 72.8 Å². The Balaban J connectivity index is 1.67. The zero-order valence-electron chi connectivity index (χ0n) is 17.4. The largest absolute Gasteiger partial charge is 0.308 e. The lowest BCUT2D eigenvalue weighted by Gasteiger charge is -2.04. The Morgan fingerprint density at radius 1 is 0.424 bits per heavy atom. The summed E-state index contributed by atoms with van der Waals surface area (Å²) in [7, 11) is 0. The van der Waals surface area contributed by atoms with Crippen LogP contribution in [0.3, 0.4) is 0 Å². The van der Waals surface area contributed by atoms with Crippen molar-refractivity contribution in [3.63, 3.8) is 0 Å². The summed E-state index contributed by atoms with van der Waals surface area (Å²) in [6, 6.07) is 33.6. The monoisotopic (exact) mass is 530 g/mol. The summed E-state index contributed by atoms with van der Waals surface area (Å²) in [6.45, 7) is 0. The zero-order valence-corrected chi connectivity index (χ0v) is 19.6. The van der Waals surface area contributed by atoms with E-state index >= 15 is 0 Å². The van der Waals surface area contributed by atoms with Gasteiger partial charge in [0.05, 0.1) is 33.1 Å².